The lowest BCUT2D eigenvalue weighted by atomic mass is 9.82. The van der Waals surface area contributed by atoms with Crippen LogP contribution in [0, 0.1) is 19.3 Å². The zero-order valence-electron chi connectivity index (χ0n) is 13.4. The molecule has 0 atom stereocenters. The molecule has 1 fully saturated rings. The highest BCUT2D eigenvalue weighted by Gasteiger charge is 2.28. The van der Waals surface area contributed by atoms with Crippen LogP contribution < -0.4 is 0 Å². The number of aromatic nitrogens is 1. The van der Waals surface area contributed by atoms with Gasteiger partial charge in [0, 0.05) is 35.2 Å². The van der Waals surface area contributed by atoms with Crippen molar-refractivity contribution in [2.24, 2.45) is 5.41 Å². The largest absolute Gasteiger partial charge is 0.358 e. The summed E-state index contributed by atoms with van der Waals surface area (Å²) in [5.74, 6) is 0.172. The minimum absolute atomic E-state index is 0.172. The number of rotatable bonds is 1. The Labute approximate surface area is 126 Å². The number of H-pyrrole nitrogens is 1. The molecule has 1 aliphatic rings. The number of aromatic amines is 1. The van der Waals surface area contributed by atoms with Crippen LogP contribution in [0.5, 0.6) is 0 Å². The summed E-state index contributed by atoms with van der Waals surface area (Å²) in [5, 5.41) is 1.16. The Balaban J connectivity index is 1.86. The average molecular weight is 284 g/mol. The van der Waals surface area contributed by atoms with E-state index in [2.05, 4.69) is 32.7 Å². The molecule has 0 radical (unpaired) electrons. The Hall–Kier alpha value is -1.77. The van der Waals surface area contributed by atoms with E-state index in [1.165, 1.54) is 11.3 Å². The minimum Gasteiger partial charge on any atom is -0.358 e. The third-order valence-corrected chi connectivity index (χ3v) is 4.96. The Bertz CT molecular complexity index is 687. The molecule has 0 unspecified atom stereocenters. The molecule has 0 bridgehead atoms. The summed E-state index contributed by atoms with van der Waals surface area (Å²) in [6, 6.07) is 6.01. The maximum Gasteiger partial charge on any atom is 0.253 e. The third-order valence-electron chi connectivity index (χ3n) is 4.96. The van der Waals surface area contributed by atoms with Crippen molar-refractivity contribution in [3.63, 3.8) is 0 Å². The van der Waals surface area contributed by atoms with E-state index in [9.17, 15) is 4.79 Å². The third kappa shape index (κ3) is 2.57. The molecule has 1 amide bonds. The van der Waals surface area contributed by atoms with Crippen molar-refractivity contribution in [2.75, 3.05) is 13.1 Å². The Morgan fingerprint density at radius 3 is 2.52 bits per heavy atom. The van der Waals surface area contributed by atoms with E-state index < -0.39 is 0 Å². The van der Waals surface area contributed by atoms with Gasteiger partial charge in [-0.15, -0.1) is 0 Å². The molecule has 0 spiro atoms. The smallest absolute Gasteiger partial charge is 0.253 e. The second kappa shape index (κ2) is 4.90. The van der Waals surface area contributed by atoms with E-state index in [-0.39, 0.29) is 5.91 Å². The molecule has 21 heavy (non-hydrogen) atoms. The lowest BCUT2D eigenvalue weighted by molar-refractivity contribution is 0.0630. The topological polar surface area (TPSA) is 36.1 Å². The summed E-state index contributed by atoms with van der Waals surface area (Å²) < 4.78 is 0. The van der Waals surface area contributed by atoms with Crippen LogP contribution in [0.4, 0.5) is 0 Å². The highest BCUT2D eigenvalue weighted by atomic mass is 16.2. The summed E-state index contributed by atoms with van der Waals surface area (Å²) >= 11 is 0. The fourth-order valence-electron chi connectivity index (χ4n) is 3.09. The van der Waals surface area contributed by atoms with E-state index in [1.54, 1.807) is 0 Å². The van der Waals surface area contributed by atoms with Gasteiger partial charge in [0.1, 0.15) is 0 Å². The van der Waals surface area contributed by atoms with Crippen LogP contribution in [0.15, 0.2) is 18.2 Å². The van der Waals surface area contributed by atoms with Gasteiger partial charge in [0.2, 0.25) is 0 Å². The number of hydrogen-bond acceptors (Lipinski definition) is 1. The van der Waals surface area contributed by atoms with E-state index in [0.717, 1.165) is 42.4 Å². The first-order chi connectivity index (χ1) is 9.87. The van der Waals surface area contributed by atoms with Gasteiger partial charge < -0.3 is 9.88 Å². The number of nitrogens with one attached hydrogen (secondary N) is 1. The minimum atomic E-state index is 0.172. The van der Waals surface area contributed by atoms with Crippen molar-refractivity contribution in [1.82, 2.24) is 9.88 Å². The number of carbonyl (C=O) groups excluding carboxylic acids is 1. The quantitative estimate of drug-likeness (QED) is 0.842. The lowest BCUT2D eigenvalue weighted by Crippen LogP contribution is -2.41. The number of amides is 1. The number of nitrogens with zero attached hydrogens (tertiary/aromatic N) is 1. The van der Waals surface area contributed by atoms with Crippen LogP contribution in [0.25, 0.3) is 10.9 Å². The van der Waals surface area contributed by atoms with Crippen LogP contribution >= 0.6 is 0 Å². The molecule has 0 aliphatic carbocycles. The van der Waals surface area contributed by atoms with E-state index in [4.69, 9.17) is 0 Å². The highest BCUT2D eigenvalue weighted by molar-refractivity contribution is 5.99. The predicted molar refractivity (Wildman–Crippen MR) is 86.7 cm³/mol. The Kier molecular flexibility index (Phi) is 3.31. The fourth-order valence-corrected chi connectivity index (χ4v) is 3.09. The molecule has 2 aromatic rings. The van der Waals surface area contributed by atoms with Crippen molar-refractivity contribution in [2.45, 2.75) is 40.5 Å². The summed E-state index contributed by atoms with van der Waals surface area (Å²) in [7, 11) is 0. The van der Waals surface area contributed by atoms with Crippen molar-refractivity contribution in [1.29, 1.82) is 0 Å². The molecule has 3 nitrogen and oxygen atoms in total. The first-order valence-corrected chi connectivity index (χ1v) is 7.76. The molecule has 112 valence electrons. The predicted octanol–water partition coefficient (Wildman–Crippen LogP) is 4.05. The monoisotopic (exact) mass is 284 g/mol. The van der Waals surface area contributed by atoms with E-state index >= 15 is 0 Å². The number of fused-ring (bicyclic) bond motifs is 1. The summed E-state index contributed by atoms with van der Waals surface area (Å²) in [6.07, 6.45) is 2.17. The van der Waals surface area contributed by atoms with Crippen LogP contribution in [0.3, 0.4) is 0 Å². The van der Waals surface area contributed by atoms with Crippen molar-refractivity contribution < 1.29 is 4.79 Å². The van der Waals surface area contributed by atoms with Crippen LogP contribution in [-0.4, -0.2) is 28.9 Å². The zero-order valence-corrected chi connectivity index (χ0v) is 13.4. The first-order valence-electron chi connectivity index (χ1n) is 7.76. The first kappa shape index (κ1) is 14.2. The van der Waals surface area contributed by atoms with Crippen molar-refractivity contribution in [3.8, 4) is 0 Å². The molecule has 0 saturated carbocycles. The Morgan fingerprint density at radius 1 is 1.19 bits per heavy atom. The zero-order chi connectivity index (χ0) is 15.2. The molecular weight excluding hydrogens is 260 g/mol. The second-order valence-electron chi connectivity index (χ2n) is 7.09. The molecule has 1 N–H and O–H groups in total. The molecule has 1 aromatic heterocycles. The number of piperidine rings is 1. The van der Waals surface area contributed by atoms with Crippen LogP contribution in [0.1, 0.15) is 48.3 Å². The number of carbonyl (C=O) groups is 1. The molecule has 1 aromatic carbocycles. The van der Waals surface area contributed by atoms with Gasteiger partial charge in [0.15, 0.2) is 0 Å². The SMILES string of the molecule is Cc1[nH]c2ccc(C(=O)N3CCC(C)(C)CC3)cc2c1C. The summed E-state index contributed by atoms with van der Waals surface area (Å²) in [6.45, 7) is 10.5. The van der Waals surface area contributed by atoms with Crippen LogP contribution in [0.2, 0.25) is 0 Å². The number of aryl methyl sites for hydroxylation is 2. The summed E-state index contributed by atoms with van der Waals surface area (Å²) in [5.41, 5.74) is 4.70. The maximum absolute atomic E-state index is 12.7. The van der Waals surface area contributed by atoms with Crippen molar-refractivity contribution in [3.05, 3.63) is 35.0 Å². The molecule has 1 saturated heterocycles. The van der Waals surface area contributed by atoms with Gasteiger partial charge in [-0.25, -0.2) is 0 Å². The van der Waals surface area contributed by atoms with Gasteiger partial charge in [0.25, 0.3) is 5.91 Å². The molecule has 2 heterocycles. The maximum atomic E-state index is 12.7. The highest BCUT2D eigenvalue weighted by Crippen LogP contribution is 2.31. The van der Waals surface area contributed by atoms with E-state index in [1.807, 2.05) is 23.1 Å². The number of hydrogen-bond donors (Lipinski definition) is 1. The molecular formula is C18H24N2O. The summed E-state index contributed by atoms with van der Waals surface area (Å²) in [4.78, 5) is 18.0. The Morgan fingerprint density at radius 2 is 1.86 bits per heavy atom. The lowest BCUT2D eigenvalue weighted by Gasteiger charge is -2.37. The van der Waals surface area contributed by atoms with E-state index in [0.29, 0.717) is 5.41 Å². The van der Waals surface area contributed by atoms with Gasteiger partial charge in [-0.2, -0.15) is 0 Å². The van der Waals surface area contributed by atoms with Gasteiger partial charge in [-0.3, -0.25) is 4.79 Å². The van der Waals surface area contributed by atoms with Gasteiger partial charge >= 0.3 is 0 Å². The normalized spacial score (nSPS) is 18.2. The fraction of sp³-hybridized carbons (Fsp3) is 0.500. The van der Waals surface area contributed by atoms with Gasteiger partial charge in [0.05, 0.1) is 0 Å². The average Bonchev–Trinajstić information content (AvgIpc) is 2.73. The second-order valence-corrected chi connectivity index (χ2v) is 7.09. The molecule has 3 heteroatoms. The van der Waals surface area contributed by atoms with Crippen molar-refractivity contribution >= 4 is 16.8 Å². The standard InChI is InChI=1S/C18H24N2O/c1-12-13(2)19-16-6-5-14(11-15(12)16)17(21)20-9-7-18(3,4)8-10-20/h5-6,11,19H,7-10H2,1-4H3. The molecule has 1 aliphatic heterocycles. The number of benzene rings is 1. The van der Waals surface area contributed by atoms with Gasteiger partial charge in [-0.05, 0) is 55.9 Å². The number of likely N-dealkylation sites (tertiary alicyclic amines) is 1. The van der Waals surface area contributed by atoms with Gasteiger partial charge in [-0.1, -0.05) is 13.8 Å². The van der Waals surface area contributed by atoms with Crippen LogP contribution in [-0.2, 0) is 0 Å². The molecule has 3 rings (SSSR count).